The second-order valence-electron chi connectivity index (χ2n) is 5.67. The van der Waals surface area contributed by atoms with Crippen molar-refractivity contribution in [2.24, 2.45) is 0 Å². The second kappa shape index (κ2) is 7.05. The highest BCUT2D eigenvalue weighted by molar-refractivity contribution is 6.32. The summed E-state index contributed by atoms with van der Waals surface area (Å²) >= 11 is 6.15. The maximum Gasteiger partial charge on any atom is 0.268 e. The van der Waals surface area contributed by atoms with Gasteiger partial charge in [0.05, 0.1) is 5.02 Å². The molecule has 1 atom stereocenters. The lowest BCUT2D eigenvalue weighted by atomic mass is 10.0. The molecule has 0 saturated carbocycles. The third kappa shape index (κ3) is 3.35. The summed E-state index contributed by atoms with van der Waals surface area (Å²) in [7, 11) is 0. The van der Waals surface area contributed by atoms with Crippen molar-refractivity contribution >= 4 is 23.2 Å². The molecule has 23 heavy (non-hydrogen) atoms. The fourth-order valence-corrected chi connectivity index (χ4v) is 3.12. The van der Waals surface area contributed by atoms with Crippen molar-refractivity contribution in [1.82, 2.24) is 0 Å². The summed E-state index contributed by atoms with van der Waals surface area (Å²) in [5, 5.41) is 0.526. The van der Waals surface area contributed by atoms with Gasteiger partial charge < -0.3 is 9.64 Å². The van der Waals surface area contributed by atoms with Crippen LogP contribution in [0.3, 0.4) is 0 Å². The summed E-state index contributed by atoms with van der Waals surface area (Å²) in [5.41, 5.74) is 2.23. The first-order valence-corrected chi connectivity index (χ1v) is 8.39. The SMILES string of the molecule is CC[C@@H](Oc1ccccc1Cl)C(=O)N1CCCc2ccccc21. The molecule has 0 spiro atoms. The van der Waals surface area contributed by atoms with Gasteiger partial charge in [-0.15, -0.1) is 0 Å². The fourth-order valence-electron chi connectivity index (χ4n) is 2.94. The molecule has 0 aromatic heterocycles. The van der Waals surface area contributed by atoms with E-state index in [0.717, 1.165) is 25.1 Å². The quantitative estimate of drug-likeness (QED) is 0.827. The summed E-state index contributed by atoms with van der Waals surface area (Å²) in [6.45, 7) is 2.69. The summed E-state index contributed by atoms with van der Waals surface area (Å²) < 4.78 is 5.90. The molecule has 0 aliphatic carbocycles. The molecule has 1 heterocycles. The van der Waals surface area contributed by atoms with E-state index in [1.54, 1.807) is 12.1 Å². The van der Waals surface area contributed by atoms with E-state index in [1.165, 1.54) is 5.56 Å². The number of carbonyl (C=O) groups is 1. The van der Waals surface area contributed by atoms with Crippen LogP contribution in [0.1, 0.15) is 25.3 Å². The van der Waals surface area contributed by atoms with Crippen molar-refractivity contribution in [3.63, 3.8) is 0 Å². The molecular formula is C19H20ClNO2. The molecule has 120 valence electrons. The van der Waals surface area contributed by atoms with Crippen molar-refractivity contribution in [2.75, 3.05) is 11.4 Å². The minimum atomic E-state index is -0.527. The van der Waals surface area contributed by atoms with Gasteiger partial charge >= 0.3 is 0 Å². The predicted molar refractivity (Wildman–Crippen MR) is 93.3 cm³/mol. The number of aryl methyl sites for hydroxylation is 1. The van der Waals surface area contributed by atoms with Gasteiger partial charge in [-0.1, -0.05) is 48.9 Å². The zero-order valence-electron chi connectivity index (χ0n) is 13.2. The topological polar surface area (TPSA) is 29.5 Å². The minimum absolute atomic E-state index is 0.000398. The molecule has 2 aromatic carbocycles. The molecule has 0 bridgehead atoms. The van der Waals surface area contributed by atoms with Crippen molar-refractivity contribution in [3.8, 4) is 5.75 Å². The van der Waals surface area contributed by atoms with E-state index < -0.39 is 6.10 Å². The highest BCUT2D eigenvalue weighted by Crippen LogP contribution is 2.29. The van der Waals surface area contributed by atoms with Gasteiger partial charge in [0.15, 0.2) is 6.10 Å². The van der Waals surface area contributed by atoms with Crippen molar-refractivity contribution in [2.45, 2.75) is 32.3 Å². The zero-order valence-corrected chi connectivity index (χ0v) is 13.9. The number of amides is 1. The van der Waals surface area contributed by atoms with E-state index >= 15 is 0 Å². The maximum atomic E-state index is 13.0. The molecule has 0 radical (unpaired) electrons. The smallest absolute Gasteiger partial charge is 0.268 e. The van der Waals surface area contributed by atoms with Gasteiger partial charge in [0.2, 0.25) is 0 Å². The van der Waals surface area contributed by atoms with E-state index in [2.05, 4.69) is 6.07 Å². The average Bonchev–Trinajstić information content (AvgIpc) is 2.60. The third-order valence-corrected chi connectivity index (χ3v) is 4.44. The molecule has 2 aromatic rings. The largest absolute Gasteiger partial charge is 0.479 e. The van der Waals surface area contributed by atoms with Gasteiger partial charge in [0, 0.05) is 12.2 Å². The monoisotopic (exact) mass is 329 g/mol. The molecule has 0 fully saturated rings. The highest BCUT2D eigenvalue weighted by atomic mass is 35.5. The van der Waals surface area contributed by atoms with Gasteiger partial charge in [0.25, 0.3) is 5.91 Å². The number of hydrogen-bond acceptors (Lipinski definition) is 2. The Morgan fingerprint density at radius 3 is 2.74 bits per heavy atom. The molecule has 3 rings (SSSR count). The van der Waals surface area contributed by atoms with Crippen molar-refractivity contribution in [3.05, 3.63) is 59.1 Å². The maximum absolute atomic E-state index is 13.0. The molecule has 1 aliphatic rings. The predicted octanol–water partition coefficient (Wildman–Crippen LogP) is 4.48. The van der Waals surface area contributed by atoms with E-state index in [4.69, 9.17) is 16.3 Å². The van der Waals surface area contributed by atoms with Crippen LogP contribution in [0.5, 0.6) is 5.75 Å². The minimum Gasteiger partial charge on any atom is -0.479 e. The Labute approximate surface area is 141 Å². The molecule has 0 N–H and O–H groups in total. The highest BCUT2D eigenvalue weighted by Gasteiger charge is 2.29. The summed E-state index contributed by atoms with van der Waals surface area (Å²) in [4.78, 5) is 14.8. The lowest BCUT2D eigenvalue weighted by molar-refractivity contribution is -0.125. The van der Waals surface area contributed by atoms with Crippen LogP contribution in [0.25, 0.3) is 0 Å². The summed E-state index contributed by atoms with van der Waals surface area (Å²) in [6, 6.07) is 15.4. The Hall–Kier alpha value is -2.00. The molecule has 1 amide bonds. The van der Waals surface area contributed by atoms with Crippen LogP contribution >= 0.6 is 11.6 Å². The van der Waals surface area contributed by atoms with Gasteiger partial charge in [0.1, 0.15) is 5.75 Å². The first-order valence-electron chi connectivity index (χ1n) is 8.01. The van der Waals surface area contributed by atoms with Crippen molar-refractivity contribution < 1.29 is 9.53 Å². The van der Waals surface area contributed by atoms with Crippen LogP contribution < -0.4 is 9.64 Å². The first kappa shape index (κ1) is 15.9. The van der Waals surface area contributed by atoms with Gasteiger partial charge in [-0.25, -0.2) is 0 Å². The molecule has 1 aliphatic heterocycles. The van der Waals surface area contributed by atoms with Crippen molar-refractivity contribution in [1.29, 1.82) is 0 Å². The average molecular weight is 330 g/mol. The fraction of sp³-hybridized carbons (Fsp3) is 0.316. The molecule has 4 heteroatoms. The Balaban J connectivity index is 1.83. The zero-order chi connectivity index (χ0) is 16.2. The van der Waals surface area contributed by atoms with E-state index in [-0.39, 0.29) is 5.91 Å². The van der Waals surface area contributed by atoms with Crippen LogP contribution in [0.15, 0.2) is 48.5 Å². The number of para-hydroxylation sites is 2. The second-order valence-corrected chi connectivity index (χ2v) is 6.07. The first-order chi connectivity index (χ1) is 11.2. The lowest BCUT2D eigenvalue weighted by Crippen LogP contribution is -2.44. The van der Waals surface area contributed by atoms with Gasteiger partial charge in [-0.2, -0.15) is 0 Å². The Bertz CT molecular complexity index is 701. The number of nitrogens with zero attached hydrogens (tertiary/aromatic N) is 1. The van der Waals surface area contributed by atoms with E-state index in [1.807, 2.05) is 42.2 Å². The third-order valence-electron chi connectivity index (χ3n) is 4.13. The molecular weight excluding hydrogens is 310 g/mol. The Morgan fingerprint density at radius 2 is 1.96 bits per heavy atom. The number of ether oxygens (including phenoxy) is 1. The lowest BCUT2D eigenvalue weighted by Gasteiger charge is -2.32. The Morgan fingerprint density at radius 1 is 1.22 bits per heavy atom. The Kier molecular flexibility index (Phi) is 4.87. The van der Waals surface area contributed by atoms with Crippen LogP contribution in [0.2, 0.25) is 5.02 Å². The number of anilines is 1. The molecule has 0 saturated heterocycles. The normalized spacial score (nSPS) is 15.0. The van der Waals surface area contributed by atoms with Gasteiger partial charge in [-0.05, 0) is 43.0 Å². The van der Waals surface area contributed by atoms with Crippen LogP contribution in [-0.4, -0.2) is 18.6 Å². The number of hydrogen-bond donors (Lipinski definition) is 0. The number of fused-ring (bicyclic) bond motifs is 1. The van der Waals surface area contributed by atoms with Gasteiger partial charge in [-0.3, -0.25) is 4.79 Å². The van der Waals surface area contributed by atoms with E-state index in [0.29, 0.717) is 17.2 Å². The molecule has 3 nitrogen and oxygen atoms in total. The van der Waals surface area contributed by atoms with Crippen LogP contribution in [-0.2, 0) is 11.2 Å². The number of benzene rings is 2. The van der Waals surface area contributed by atoms with Crippen LogP contribution in [0.4, 0.5) is 5.69 Å². The number of rotatable bonds is 4. The summed E-state index contributed by atoms with van der Waals surface area (Å²) in [5.74, 6) is 0.555. The van der Waals surface area contributed by atoms with Crippen LogP contribution in [0, 0.1) is 0 Å². The summed E-state index contributed by atoms with van der Waals surface area (Å²) in [6.07, 6.45) is 2.07. The number of carbonyl (C=O) groups excluding carboxylic acids is 1. The van der Waals surface area contributed by atoms with E-state index in [9.17, 15) is 4.79 Å². The number of halogens is 1. The standard InChI is InChI=1S/C19H20ClNO2/c1-2-17(23-18-12-6-4-10-15(18)20)19(22)21-13-7-9-14-8-3-5-11-16(14)21/h3-6,8,10-12,17H,2,7,9,13H2,1H3/t17-/m1/s1. The molecule has 0 unspecified atom stereocenters.